The Morgan fingerprint density at radius 2 is 2.18 bits per heavy atom. The van der Waals surface area contributed by atoms with Crippen molar-refractivity contribution in [2.45, 2.75) is 13.0 Å². The Morgan fingerprint density at radius 3 is 2.82 bits per heavy atom. The van der Waals surface area contributed by atoms with Gasteiger partial charge in [0.15, 0.2) is 0 Å². The van der Waals surface area contributed by atoms with Crippen LogP contribution in [-0.2, 0) is 4.74 Å². The number of nitrogens with zero attached hydrogens (tertiary/aromatic N) is 3. The van der Waals surface area contributed by atoms with Crippen molar-refractivity contribution in [2.24, 2.45) is 0 Å². The first kappa shape index (κ1) is 12.0. The summed E-state index contributed by atoms with van der Waals surface area (Å²) in [6.07, 6.45) is -0.237. The maximum Gasteiger partial charge on any atom is 0.255 e. The van der Waals surface area contributed by atoms with Crippen LogP contribution in [0.1, 0.15) is 18.9 Å². The summed E-state index contributed by atoms with van der Waals surface area (Å²) in [4.78, 5) is 8.23. The zero-order valence-corrected chi connectivity index (χ0v) is 10.9. The van der Waals surface area contributed by atoms with Gasteiger partial charge in [-0.2, -0.15) is 4.98 Å². The van der Waals surface area contributed by atoms with E-state index in [1.807, 2.05) is 6.92 Å². The van der Waals surface area contributed by atoms with Gasteiger partial charge in [0.2, 0.25) is 5.82 Å². The van der Waals surface area contributed by atoms with E-state index in [-0.39, 0.29) is 6.10 Å². The molecule has 0 aliphatic heterocycles. The van der Waals surface area contributed by atoms with E-state index in [0.717, 1.165) is 5.56 Å². The minimum atomic E-state index is -0.237. The first-order valence-electron chi connectivity index (χ1n) is 4.90. The fraction of sp³-hybridized carbons (Fsp3) is 0.300. The number of hydrogen-bond acceptors (Lipinski definition) is 6. The maximum absolute atomic E-state index is 5.64. The number of methoxy groups -OCH3 is 1. The molecular weight excluding hydrogens is 288 g/mol. The molecule has 17 heavy (non-hydrogen) atoms. The molecule has 2 N–H and O–H groups in total. The molecule has 0 radical (unpaired) electrons. The lowest BCUT2D eigenvalue weighted by Crippen LogP contribution is -1.96. The van der Waals surface area contributed by atoms with Gasteiger partial charge in [-0.15, -0.1) is 0 Å². The third kappa shape index (κ3) is 2.62. The van der Waals surface area contributed by atoms with Crippen molar-refractivity contribution in [3.05, 3.63) is 22.6 Å². The number of aromatic nitrogens is 3. The van der Waals surface area contributed by atoms with Crippen molar-refractivity contribution < 1.29 is 9.26 Å². The molecule has 7 heteroatoms. The molecule has 0 saturated carbocycles. The van der Waals surface area contributed by atoms with Crippen LogP contribution in [0, 0.1) is 0 Å². The summed E-state index contributed by atoms with van der Waals surface area (Å²) in [5.74, 6) is 1.27. The average molecular weight is 299 g/mol. The van der Waals surface area contributed by atoms with E-state index < -0.39 is 0 Å². The average Bonchev–Trinajstić information content (AvgIpc) is 2.76. The second-order valence-electron chi connectivity index (χ2n) is 3.44. The molecule has 0 saturated heterocycles. The van der Waals surface area contributed by atoms with Crippen molar-refractivity contribution in [1.82, 2.24) is 15.1 Å². The number of hydrogen-bond donors (Lipinski definition) is 1. The van der Waals surface area contributed by atoms with E-state index >= 15 is 0 Å². The van der Waals surface area contributed by atoms with Crippen LogP contribution in [0.4, 0.5) is 5.82 Å². The molecule has 0 amide bonds. The molecule has 0 aliphatic rings. The topological polar surface area (TPSA) is 87.1 Å². The largest absolute Gasteiger partial charge is 0.384 e. The Morgan fingerprint density at radius 1 is 1.41 bits per heavy atom. The normalized spacial score (nSPS) is 12.6. The highest BCUT2D eigenvalue weighted by Gasteiger charge is 2.15. The summed E-state index contributed by atoms with van der Waals surface area (Å²) in [5, 5.41) is 3.87. The van der Waals surface area contributed by atoms with Crippen molar-refractivity contribution in [3.63, 3.8) is 0 Å². The molecule has 0 fully saturated rings. The Balaban J connectivity index is 2.36. The molecule has 0 bridgehead atoms. The van der Waals surface area contributed by atoms with Gasteiger partial charge in [-0.05, 0) is 35.0 Å². The molecule has 0 unspecified atom stereocenters. The van der Waals surface area contributed by atoms with Crippen molar-refractivity contribution in [3.8, 4) is 11.4 Å². The van der Waals surface area contributed by atoms with Gasteiger partial charge in [0.05, 0.1) is 0 Å². The maximum atomic E-state index is 5.64. The molecule has 1 atom stereocenters. The van der Waals surface area contributed by atoms with Gasteiger partial charge >= 0.3 is 0 Å². The molecule has 2 aromatic heterocycles. The van der Waals surface area contributed by atoms with Gasteiger partial charge in [-0.3, -0.25) is 0 Å². The summed E-state index contributed by atoms with van der Waals surface area (Å²) in [6, 6.07) is 3.44. The fourth-order valence-corrected chi connectivity index (χ4v) is 1.72. The van der Waals surface area contributed by atoms with Gasteiger partial charge < -0.3 is 15.0 Å². The monoisotopic (exact) mass is 298 g/mol. The van der Waals surface area contributed by atoms with Crippen LogP contribution < -0.4 is 5.73 Å². The van der Waals surface area contributed by atoms with Crippen molar-refractivity contribution in [1.29, 1.82) is 0 Å². The van der Waals surface area contributed by atoms with Gasteiger partial charge in [0.1, 0.15) is 16.5 Å². The minimum absolute atomic E-state index is 0.237. The molecule has 0 spiro atoms. The summed E-state index contributed by atoms with van der Waals surface area (Å²) >= 11 is 3.26. The molecule has 0 aliphatic carbocycles. The number of nitrogen functional groups attached to an aromatic ring is 1. The van der Waals surface area contributed by atoms with Crippen LogP contribution in [0.5, 0.6) is 0 Å². The van der Waals surface area contributed by atoms with E-state index in [0.29, 0.717) is 22.1 Å². The van der Waals surface area contributed by atoms with E-state index in [9.17, 15) is 0 Å². The minimum Gasteiger partial charge on any atom is -0.384 e. The van der Waals surface area contributed by atoms with E-state index in [1.54, 1.807) is 19.2 Å². The lowest BCUT2D eigenvalue weighted by molar-refractivity contribution is 0.0886. The van der Waals surface area contributed by atoms with Crippen LogP contribution in [0.15, 0.2) is 21.3 Å². The van der Waals surface area contributed by atoms with Crippen LogP contribution in [0.2, 0.25) is 0 Å². The first-order valence-corrected chi connectivity index (χ1v) is 5.69. The zero-order valence-electron chi connectivity index (χ0n) is 9.35. The predicted octanol–water partition coefficient (Wildman–Crippen LogP) is 2.18. The number of ether oxygens (including phenoxy) is 1. The summed E-state index contributed by atoms with van der Waals surface area (Å²) in [5.41, 5.74) is 6.38. The second-order valence-corrected chi connectivity index (χ2v) is 4.25. The van der Waals surface area contributed by atoms with Crippen molar-refractivity contribution >= 4 is 21.7 Å². The number of nitrogens with two attached hydrogens (primary N) is 1. The number of rotatable bonds is 3. The molecule has 90 valence electrons. The SMILES string of the molecule is CO[C@@H](C)c1nc(-c2cc(N)nc(Br)c2)no1. The Hall–Kier alpha value is -1.47. The van der Waals surface area contributed by atoms with Gasteiger partial charge in [-0.1, -0.05) is 5.16 Å². The molecular formula is C10H11BrN4O2. The van der Waals surface area contributed by atoms with E-state index in [2.05, 4.69) is 31.1 Å². The van der Waals surface area contributed by atoms with Crippen LogP contribution in [-0.4, -0.2) is 22.2 Å². The Labute approximate surface area is 106 Å². The highest BCUT2D eigenvalue weighted by atomic mass is 79.9. The molecule has 2 heterocycles. The van der Waals surface area contributed by atoms with E-state index in [1.165, 1.54) is 0 Å². The molecule has 6 nitrogen and oxygen atoms in total. The molecule has 2 aromatic rings. The first-order chi connectivity index (χ1) is 8.10. The lowest BCUT2D eigenvalue weighted by atomic mass is 10.2. The third-order valence-corrected chi connectivity index (χ3v) is 2.62. The second kappa shape index (κ2) is 4.80. The van der Waals surface area contributed by atoms with Crippen LogP contribution >= 0.6 is 15.9 Å². The number of halogens is 1. The lowest BCUT2D eigenvalue weighted by Gasteiger charge is -2.01. The molecule has 2 rings (SSSR count). The summed E-state index contributed by atoms with van der Waals surface area (Å²) in [6.45, 7) is 1.83. The zero-order chi connectivity index (χ0) is 12.4. The highest BCUT2D eigenvalue weighted by Crippen LogP contribution is 2.23. The van der Waals surface area contributed by atoms with Gasteiger partial charge in [-0.25, -0.2) is 4.98 Å². The quantitative estimate of drug-likeness (QED) is 0.874. The third-order valence-electron chi connectivity index (χ3n) is 2.22. The highest BCUT2D eigenvalue weighted by molar-refractivity contribution is 9.10. The standard InChI is InChI=1S/C10H11BrN4O2/c1-5(16-2)10-14-9(15-17-10)6-3-7(11)13-8(12)4-6/h3-5H,1-2H3,(H2,12,13)/t5-/m0/s1. The summed E-state index contributed by atoms with van der Waals surface area (Å²) < 4.78 is 10.8. The predicted molar refractivity (Wildman–Crippen MR) is 65.1 cm³/mol. The Kier molecular flexibility index (Phi) is 3.39. The fourth-order valence-electron chi connectivity index (χ4n) is 1.26. The number of pyridine rings is 1. The summed E-state index contributed by atoms with van der Waals surface area (Å²) in [7, 11) is 1.58. The van der Waals surface area contributed by atoms with Gasteiger partial charge in [0.25, 0.3) is 5.89 Å². The smallest absolute Gasteiger partial charge is 0.255 e. The van der Waals surface area contributed by atoms with Crippen LogP contribution in [0.3, 0.4) is 0 Å². The van der Waals surface area contributed by atoms with E-state index in [4.69, 9.17) is 15.0 Å². The number of anilines is 1. The van der Waals surface area contributed by atoms with Crippen molar-refractivity contribution in [2.75, 3.05) is 12.8 Å². The van der Waals surface area contributed by atoms with Gasteiger partial charge in [0, 0.05) is 12.7 Å². The van der Waals surface area contributed by atoms with Crippen LogP contribution in [0.25, 0.3) is 11.4 Å². The Bertz CT molecular complexity index is 509. The molecule has 0 aromatic carbocycles.